The minimum absolute atomic E-state index is 0.130. The first-order chi connectivity index (χ1) is 6.27. The van der Waals surface area contributed by atoms with E-state index >= 15 is 0 Å². The third kappa shape index (κ3) is 1.92. The van der Waals surface area contributed by atoms with Crippen LogP contribution in [0.1, 0.15) is 32.1 Å². The summed E-state index contributed by atoms with van der Waals surface area (Å²) in [5.74, 6) is 0.389. The van der Waals surface area contributed by atoms with E-state index in [4.69, 9.17) is 0 Å². The molecule has 1 aliphatic heterocycles. The molecule has 3 heteroatoms. The molecule has 2 rings (SSSR count). The van der Waals surface area contributed by atoms with Crippen LogP contribution in [0, 0.1) is 0 Å². The highest BCUT2D eigenvalue weighted by atomic mass is 16.3. The molecule has 1 heterocycles. The molecule has 1 saturated heterocycles. The summed E-state index contributed by atoms with van der Waals surface area (Å²) in [7, 11) is 0. The number of aliphatic hydroxyl groups is 1. The van der Waals surface area contributed by atoms with Crippen LogP contribution in [0.3, 0.4) is 0 Å². The first-order valence-corrected chi connectivity index (χ1v) is 5.22. The fourth-order valence-electron chi connectivity index (χ4n) is 2.40. The van der Waals surface area contributed by atoms with Crippen LogP contribution in [0.4, 0.5) is 0 Å². The van der Waals surface area contributed by atoms with Crippen molar-refractivity contribution in [2.45, 2.75) is 44.2 Å². The molecule has 1 aliphatic carbocycles. The molecule has 0 amide bonds. The lowest BCUT2D eigenvalue weighted by molar-refractivity contribution is -0.125. The maximum atomic E-state index is 11.6. The van der Waals surface area contributed by atoms with Gasteiger partial charge in [-0.05, 0) is 19.3 Å². The number of Topliss-reactive ketones (excluding diaryl/α,β-unsaturated/α-hetero) is 1. The van der Waals surface area contributed by atoms with E-state index in [-0.39, 0.29) is 12.1 Å². The lowest BCUT2D eigenvalue weighted by Crippen LogP contribution is -2.41. The Bertz CT molecular complexity index is 205. The summed E-state index contributed by atoms with van der Waals surface area (Å²) in [6, 6.07) is 0.130. The molecule has 0 aromatic heterocycles. The van der Waals surface area contributed by atoms with Crippen molar-refractivity contribution in [1.29, 1.82) is 0 Å². The van der Waals surface area contributed by atoms with Gasteiger partial charge in [-0.15, -0.1) is 0 Å². The van der Waals surface area contributed by atoms with Crippen molar-refractivity contribution in [2.75, 3.05) is 13.1 Å². The van der Waals surface area contributed by atoms with Crippen molar-refractivity contribution < 1.29 is 9.90 Å². The van der Waals surface area contributed by atoms with Gasteiger partial charge in [-0.25, -0.2) is 0 Å². The molecule has 0 aromatic carbocycles. The molecule has 74 valence electrons. The van der Waals surface area contributed by atoms with Gasteiger partial charge in [0.05, 0.1) is 12.1 Å². The first kappa shape index (κ1) is 9.16. The van der Waals surface area contributed by atoms with E-state index in [0.29, 0.717) is 12.3 Å². The van der Waals surface area contributed by atoms with Crippen molar-refractivity contribution in [2.24, 2.45) is 0 Å². The Hall–Kier alpha value is -0.410. The number of β-amino-alcohol motifs (C(OH)–C–C–N with tert-alkyl or cyclic N) is 1. The quantitative estimate of drug-likeness (QED) is 0.646. The fraction of sp³-hybridized carbons (Fsp3) is 0.900. The topological polar surface area (TPSA) is 40.5 Å². The number of carbonyl (C=O) groups is 1. The SMILES string of the molecule is O=C1CCCCC1N1CCC(O)C1. The summed E-state index contributed by atoms with van der Waals surface area (Å²) in [4.78, 5) is 13.7. The number of rotatable bonds is 1. The molecule has 1 N–H and O–H groups in total. The molecule has 0 radical (unpaired) electrons. The minimum atomic E-state index is -0.199. The van der Waals surface area contributed by atoms with Crippen LogP contribution in [-0.2, 0) is 4.79 Å². The van der Waals surface area contributed by atoms with E-state index in [9.17, 15) is 9.90 Å². The van der Waals surface area contributed by atoms with Crippen LogP contribution >= 0.6 is 0 Å². The zero-order valence-electron chi connectivity index (χ0n) is 7.91. The summed E-state index contributed by atoms with van der Waals surface area (Å²) in [6.45, 7) is 1.61. The normalized spacial score (nSPS) is 36.8. The number of likely N-dealkylation sites (tertiary alicyclic amines) is 1. The Morgan fingerprint density at radius 1 is 1.31 bits per heavy atom. The Morgan fingerprint density at radius 3 is 2.77 bits per heavy atom. The second kappa shape index (κ2) is 3.76. The van der Waals surface area contributed by atoms with E-state index < -0.39 is 0 Å². The van der Waals surface area contributed by atoms with Gasteiger partial charge in [0.15, 0.2) is 0 Å². The van der Waals surface area contributed by atoms with Gasteiger partial charge < -0.3 is 5.11 Å². The van der Waals surface area contributed by atoms with E-state index in [0.717, 1.165) is 32.2 Å². The van der Waals surface area contributed by atoms with Crippen LogP contribution in [-0.4, -0.2) is 41.0 Å². The van der Waals surface area contributed by atoms with E-state index in [1.807, 2.05) is 0 Å². The smallest absolute Gasteiger partial charge is 0.149 e. The van der Waals surface area contributed by atoms with Gasteiger partial charge in [0.2, 0.25) is 0 Å². The summed E-state index contributed by atoms with van der Waals surface area (Å²) in [6.07, 6.45) is 4.62. The second-order valence-corrected chi connectivity index (χ2v) is 4.17. The average molecular weight is 183 g/mol. The van der Waals surface area contributed by atoms with Gasteiger partial charge in [-0.2, -0.15) is 0 Å². The maximum Gasteiger partial charge on any atom is 0.149 e. The summed E-state index contributed by atoms with van der Waals surface area (Å²) in [5, 5.41) is 9.36. The van der Waals surface area contributed by atoms with Crippen LogP contribution in [0.2, 0.25) is 0 Å². The number of hydrogen-bond donors (Lipinski definition) is 1. The third-order valence-electron chi connectivity index (χ3n) is 3.16. The summed E-state index contributed by atoms with van der Waals surface area (Å²) >= 11 is 0. The van der Waals surface area contributed by atoms with E-state index in [1.165, 1.54) is 6.42 Å². The molecular weight excluding hydrogens is 166 g/mol. The van der Waals surface area contributed by atoms with Crippen LogP contribution in [0.15, 0.2) is 0 Å². The van der Waals surface area contributed by atoms with Gasteiger partial charge in [0.1, 0.15) is 5.78 Å². The number of hydrogen-bond acceptors (Lipinski definition) is 3. The zero-order valence-corrected chi connectivity index (χ0v) is 7.91. The van der Waals surface area contributed by atoms with Crippen molar-refractivity contribution in [1.82, 2.24) is 4.90 Å². The summed E-state index contributed by atoms with van der Waals surface area (Å²) in [5.41, 5.74) is 0. The Labute approximate surface area is 78.7 Å². The van der Waals surface area contributed by atoms with Gasteiger partial charge >= 0.3 is 0 Å². The lowest BCUT2D eigenvalue weighted by Gasteiger charge is -2.29. The average Bonchev–Trinajstić information content (AvgIpc) is 2.53. The molecule has 0 aromatic rings. The second-order valence-electron chi connectivity index (χ2n) is 4.17. The molecular formula is C10H17NO2. The molecule has 2 unspecified atom stereocenters. The molecule has 2 aliphatic rings. The number of ketones is 1. The summed E-state index contributed by atoms with van der Waals surface area (Å²) < 4.78 is 0. The largest absolute Gasteiger partial charge is 0.392 e. The number of nitrogens with zero attached hydrogens (tertiary/aromatic N) is 1. The third-order valence-corrected chi connectivity index (χ3v) is 3.16. The van der Waals surface area contributed by atoms with Crippen molar-refractivity contribution in [3.05, 3.63) is 0 Å². The van der Waals surface area contributed by atoms with Crippen LogP contribution in [0.5, 0.6) is 0 Å². The fourth-order valence-corrected chi connectivity index (χ4v) is 2.40. The molecule has 1 saturated carbocycles. The molecule has 13 heavy (non-hydrogen) atoms. The van der Waals surface area contributed by atoms with E-state index in [1.54, 1.807) is 0 Å². The maximum absolute atomic E-state index is 11.6. The van der Waals surface area contributed by atoms with Crippen LogP contribution in [0.25, 0.3) is 0 Å². The van der Waals surface area contributed by atoms with Crippen molar-refractivity contribution in [3.63, 3.8) is 0 Å². The molecule has 0 bridgehead atoms. The van der Waals surface area contributed by atoms with Gasteiger partial charge in [0, 0.05) is 19.5 Å². The predicted octanol–water partition coefficient (Wildman–Crippen LogP) is 0.565. The first-order valence-electron chi connectivity index (χ1n) is 5.22. The van der Waals surface area contributed by atoms with E-state index in [2.05, 4.69) is 4.90 Å². The Kier molecular flexibility index (Phi) is 2.65. The number of carbonyl (C=O) groups excluding carboxylic acids is 1. The minimum Gasteiger partial charge on any atom is -0.392 e. The van der Waals surface area contributed by atoms with Gasteiger partial charge in [-0.3, -0.25) is 9.69 Å². The molecule has 2 fully saturated rings. The Morgan fingerprint density at radius 2 is 2.15 bits per heavy atom. The van der Waals surface area contributed by atoms with Crippen LogP contribution < -0.4 is 0 Å². The Balaban J connectivity index is 1.95. The van der Waals surface area contributed by atoms with Crippen molar-refractivity contribution >= 4 is 5.78 Å². The highest BCUT2D eigenvalue weighted by molar-refractivity contribution is 5.84. The molecule has 0 spiro atoms. The molecule has 3 nitrogen and oxygen atoms in total. The standard InChI is InChI=1S/C10H17NO2/c12-8-5-6-11(7-8)9-3-1-2-4-10(9)13/h8-9,12H,1-7H2. The van der Waals surface area contributed by atoms with Gasteiger partial charge in [-0.1, -0.05) is 6.42 Å². The molecule has 2 atom stereocenters. The monoisotopic (exact) mass is 183 g/mol. The van der Waals surface area contributed by atoms with Crippen molar-refractivity contribution in [3.8, 4) is 0 Å². The highest BCUT2D eigenvalue weighted by Crippen LogP contribution is 2.23. The predicted molar refractivity (Wildman–Crippen MR) is 49.5 cm³/mol. The number of aliphatic hydroxyl groups excluding tert-OH is 1. The lowest BCUT2D eigenvalue weighted by atomic mass is 9.93. The zero-order chi connectivity index (χ0) is 9.26. The highest BCUT2D eigenvalue weighted by Gasteiger charge is 2.32. The van der Waals surface area contributed by atoms with Gasteiger partial charge in [0.25, 0.3) is 0 Å².